The SMILES string of the molecule is COC(=O)c1ccc(-c2ccc(OC)cc2N)o1. The highest BCUT2D eigenvalue weighted by Gasteiger charge is 2.13. The summed E-state index contributed by atoms with van der Waals surface area (Å²) in [5, 5.41) is 0. The van der Waals surface area contributed by atoms with E-state index in [0.29, 0.717) is 22.8 Å². The lowest BCUT2D eigenvalue weighted by Gasteiger charge is -2.05. The van der Waals surface area contributed by atoms with Crippen LogP contribution < -0.4 is 10.5 Å². The van der Waals surface area contributed by atoms with Crippen LogP contribution in [-0.2, 0) is 4.74 Å². The maximum absolute atomic E-state index is 11.3. The maximum Gasteiger partial charge on any atom is 0.373 e. The molecule has 0 bridgehead atoms. The molecule has 2 N–H and O–H groups in total. The number of nitrogen functional groups attached to an aromatic ring is 1. The first-order valence-electron chi connectivity index (χ1n) is 5.27. The summed E-state index contributed by atoms with van der Waals surface area (Å²) >= 11 is 0. The number of rotatable bonds is 3. The molecule has 0 unspecified atom stereocenters. The lowest BCUT2D eigenvalue weighted by Crippen LogP contribution is -1.98. The maximum atomic E-state index is 11.3. The van der Waals surface area contributed by atoms with E-state index < -0.39 is 5.97 Å². The average molecular weight is 247 g/mol. The summed E-state index contributed by atoms with van der Waals surface area (Å²) in [7, 11) is 2.86. The van der Waals surface area contributed by atoms with E-state index in [9.17, 15) is 4.79 Å². The number of esters is 1. The van der Waals surface area contributed by atoms with E-state index >= 15 is 0 Å². The van der Waals surface area contributed by atoms with Crippen LogP contribution in [0, 0.1) is 0 Å². The van der Waals surface area contributed by atoms with Gasteiger partial charge >= 0.3 is 5.97 Å². The first kappa shape index (κ1) is 12.0. The Bertz CT molecular complexity index is 574. The Morgan fingerprint density at radius 3 is 2.61 bits per heavy atom. The molecule has 0 aliphatic heterocycles. The molecule has 0 spiro atoms. The van der Waals surface area contributed by atoms with Crippen LogP contribution in [0.3, 0.4) is 0 Å². The van der Waals surface area contributed by atoms with Crippen LogP contribution in [0.5, 0.6) is 5.75 Å². The van der Waals surface area contributed by atoms with Crippen molar-refractivity contribution < 1.29 is 18.7 Å². The molecule has 0 saturated carbocycles. The molecule has 0 fully saturated rings. The van der Waals surface area contributed by atoms with Gasteiger partial charge in [-0.15, -0.1) is 0 Å². The summed E-state index contributed by atoms with van der Waals surface area (Å²) < 4.78 is 15.0. The zero-order chi connectivity index (χ0) is 13.1. The summed E-state index contributed by atoms with van der Waals surface area (Å²) in [5.74, 6) is 0.794. The van der Waals surface area contributed by atoms with Crippen LogP contribution in [0.25, 0.3) is 11.3 Å². The van der Waals surface area contributed by atoms with Crippen molar-refractivity contribution in [1.82, 2.24) is 0 Å². The van der Waals surface area contributed by atoms with Crippen molar-refractivity contribution >= 4 is 11.7 Å². The van der Waals surface area contributed by atoms with Gasteiger partial charge in [-0.25, -0.2) is 4.79 Å². The second-order valence-corrected chi connectivity index (χ2v) is 3.61. The van der Waals surface area contributed by atoms with Gasteiger partial charge in [-0.3, -0.25) is 0 Å². The topological polar surface area (TPSA) is 74.7 Å². The molecule has 0 aliphatic carbocycles. The fourth-order valence-electron chi connectivity index (χ4n) is 1.59. The standard InChI is InChI=1S/C13H13NO4/c1-16-8-3-4-9(10(14)7-8)11-5-6-12(18-11)13(15)17-2/h3-7H,14H2,1-2H3. The third-order valence-corrected chi connectivity index (χ3v) is 2.52. The van der Waals surface area contributed by atoms with Crippen molar-refractivity contribution in [3.8, 4) is 17.1 Å². The number of carbonyl (C=O) groups is 1. The van der Waals surface area contributed by atoms with E-state index in [1.165, 1.54) is 7.11 Å². The second kappa shape index (κ2) is 4.83. The van der Waals surface area contributed by atoms with Gasteiger partial charge < -0.3 is 19.6 Å². The van der Waals surface area contributed by atoms with Crippen LogP contribution in [0.15, 0.2) is 34.7 Å². The number of nitrogens with two attached hydrogens (primary N) is 1. The molecule has 18 heavy (non-hydrogen) atoms. The number of carbonyl (C=O) groups excluding carboxylic acids is 1. The zero-order valence-corrected chi connectivity index (χ0v) is 10.1. The Morgan fingerprint density at radius 2 is 2.00 bits per heavy atom. The number of benzene rings is 1. The van der Waals surface area contributed by atoms with Gasteiger partial charge in [-0.2, -0.15) is 0 Å². The predicted molar refractivity (Wildman–Crippen MR) is 66.4 cm³/mol. The molecule has 5 heteroatoms. The lowest BCUT2D eigenvalue weighted by atomic mass is 10.1. The van der Waals surface area contributed by atoms with Gasteiger partial charge in [0.05, 0.1) is 14.2 Å². The molecule has 1 heterocycles. The van der Waals surface area contributed by atoms with Gasteiger partial charge in [0.25, 0.3) is 0 Å². The minimum Gasteiger partial charge on any atom is -0.497 e. The van der Waals surface area contributed by atoms with Gasteiger partial charge in [0, 0.05) is 17.3 Å². The summed E-state index contributed by atoms with van der Waals surface area (Å²) in [6.45, 7) is 0. The quantitative estimate of drug-likeness (QED) is 0.665. The molecule has 0 atom stereocenters. The molecule has 2 aromatic rings. The first-order valence-corrected chi connectivity index (χ1v) is 5.27. The van der Waals surface area contributed by atoms with Crippen LogP contribution in [0.4, 0.5) is 5.69 Å². The van der Waals surface area contributed by atoms with Gasteiger partial charge in [0.2, 0.25) is 5.76 Å². The highest BCUT2D eigenvalue weighted by Crippen LogP contribution is 2.30. The van der Waals surface area contributed by atoms with Crippen molar-refractivity contribution in [2.24, 2.45) is 0 Å². The third-order valence-electron chi connectivity index (χ3n) is 2.52. The molecule has 0 aliphatic rings. The number of furan rings is 1. The Kier molecular flexibility index (Phi) is 3.23. The van der Waals surface area contributed by atoms with Gasteiger partial charge in [0.15, 0.2) is 0 Å². The molecule has 2 rings (SSSR count). The van der Waals surface area contributed by atoms with E-state index in [2.05, 4.69) is 4.74 Å². The molecule has 1 aromatic carbocycles. The van der Waals surface area contributed by atoms with Crippen molar-refractivity contribution in [2.45, 2.75) is 0 Å². The number of ether oxygens (including phenoxy) is 2. The van der Waals surface area contributed by atoms with Crippen molar-refractivity contribution in [3.63, 3.8) is 0 Å². The predicted octanol–water partition coefficient (Wildman–Crippen LogP) is 2.32. The number of hydrogen-bond donors (Lipinski definition) is 1. The molecule has 0 radical (unpaired) electrons. The summed E-state index contributed by atoms with van der Waals surface area (Å²) in [6, 6.07) is 8.45. The summed E-state index contributed by atoms with van der Waals surface area (Å²) in [6.07, 6.45) is 0. The Labute approximate surface area is 104 Å². The van der Waals surface area contributed by atoms with Crippen LogP contribution in [-0.4, -0.2) is 20.2 Å². The van der Waals surface area contributed by atoms with Crippen molar-refractivity contribution in [1.29, 1.82) is 0 Å². The zero-order valence-electron chi connectivity index (χ0n) is 10.1. The second-order valence-electron chi connectivity index (χ2n) is 3.61. The first-order chi connectivity index (χ1) is 8.65. The number of anilines is 1. The van der Waals surface area contributed by atoms with Crippen LogP contribution in [0.2, 0.25) is 0 Å². The minimum absolute atomic E-state index is 0.141. The van der Waals surface area contributed by atoms with E-state index in [1.54, 1.807) is 37.4 Å². The van der Waals surface area contributed by atoms with Crippen LogP contribution in [0.1, 0.15) is 10.6 Å². The normalized spacial score (nSPS) is 10.1. The van der Waals surface area contributed by atoms with Crippen molar-refractivity contribution in [2.75, 3.05) is 20.0 Å². The lowest BCUT2D eigenvalue weighted by molar-refractivity contribution is 0.0566. The number of methoxy groups -OCH3 is 2. The van der Waals surface area contributed by atoms with Gasteiger partial charge in [-0.1, -0.05) is 0 Å². The van der Waals surface area contributed by atoms with E-state index in [0.717, 1.165) is 0 Å². The Hall–Kier alpha value is -2.43. The molecule has 0 amide bonds. The average Bonchev–Trinajstić information content (AvgIpc) is 2.87. The van der Waals surface area contributed by atoms with Crippen LogP contribution >= 0.6 is 0 Å². The molecular weight excluding hydrogens is 234 g/mol. The minimum atomic E-state index is -0.520. The summed E-state index contributed by atoms with van der Waals surface area (Å²) in [5.41, 5.74) is 7.10. The summed E-state index contributed by atoms with van der Waals surface area (Å²) in [4.78, 5) is 11.3. The van der Waals surface area contributed by atoms with E-state index in [4.69, 9.17) is 14.9 Å². The third kappa shape index (κ3) is 2.15. The molecule has 1 aromatic heterocycles. The fourth-order valence-corrected chi connectivity index (χ4v) is 1.59. The molecular formula is C13H13NO4. The highest BCUT2D eigenvalue weighted by molar-refractivity contribution is 5.87. The Balaban J connectivity index is 2.37. The molecule has 5 nitrogen and oxygen atoms in total. The molecule has 0 saturated heterocycles. The highest BCUT2D eigenvalue weighted by atomic mass is 16.5. The van der Waals surface area contributed by atoms with Gasteiger partial charge in [-0.05, 0) is 24.3 Å². The van der Waals surface area contributed by atoms with Gasteiger partial charge in [0.1, 0.15) is 11.5 Å². The monoisotopic (exact) mass is 247 g/mol. The fraction of sp³-hybridized carbons (Fsp3) is 0.154. The largest absolute Gasteiger partial charge is 0.497 e. The molecule has 94 valence electrons. The smallest absolute Gasteiger partial charge is 0.373 e. The Morgan fingerprint density at radius 1 is 1.22 bits per heavy atom. The van der Waals surface area contributed by atoms with E-state index in [1.807, 2.05) is 0 Å². The van der Waals surface area contributed by atoms with Crippen molar-refractivity contribution in [3.05, 3.63) is 36.1 Å². The van der Waals surface area contributed by atoms with E-state index in [-0.39, 0.29) is 5.76 Å². The number of hydrogen-bond acceptors (Lipinski definition) is 5.